The van der Waals surface area contributed by atoms with E-state index in [2.05, 4.69) is 24.4 Å². The molecular formula is C15H24N2O. The summed E-state index contributed by atoms with van der Waals surface area (Å²) in [5.41, 5.74) is 6.72. The van der Waals surface area contributed by atoms with E-state index in [1.165, 1.54) is 5.56 Å². The normalized spacial score (nSPS) is 12.1. The van der Waals surface area contributed by atoms with Crippen LogP contribution in [0.2, 0.25) is 0 Å². The van der Waals surface area contributed by atoms with Crippen LogP contribution < -0.4 is 11.1 Å². The van der Waals surface area contributed by atoms with Gasteiger partial charge in [-0.15, -0.1) is 0 Å². The van der Waals surface area contributed by atoms with E-state index in [1.807, 2.05) is 18.2 Å². The first-order valence-corrected chi connectivity index (χ1v) is 6.75. The first kappa shape index (κ1) is 14.7. The van der Waals surface area contributed by atoms with Crippen molar-refractivity contribution >= 4 is 5.91 Å². The lowest BCUT2D eigenvalue weighted by atomic mass is 10.1. The van der Waals surface area contributed by atoms with E-state index in [4.69, 9.17) is 5.73 Å². The molecule has 3 nitrogen and oxygen atoms in total. The van der Waals surface area contributed by atoms with E-state index in [0.717, 1.165) is 25.7 Å². The first-order chi connectivity index (χ1) is 8.72. The smallest absolute Gasteiger partial charge is 0.220 e. The quantitative estimate of drug-likeness (QED) is 0.693. The average molecular weight is 248 g/mol. The lowest BCUT2D eigenvalue weighted by Crippen LogP contribution is -2.32. The third-order valence-electron chi connectivity index (χ3n) is 2.97. The minimum absolute atomic E-state index is 0.143. The maximum absolute atomic E-state index is 11.6. The number of nitrogens with one attached hydrogen (secondary N) is 1. The van der Waals surface area contributed by atoms with Crippen LogP contribution >= 0.6 is 0 Å². The van der Waals surface area contributed by atoms with E-state index in [0.29, 0.717) is 13.0 Å². The average Bonchev–Trinajstić information content (AvgIpc) is 2.38. The fourth-order valence-electron chi connectivity index (χ4n) is 1.88. The maximum Gasteiger partial charge on any atom is 0.220 e. The van der Waals surface area contributed by atoms with E-state index >= 15 is 0 Å². The molecule has 0 aliphatic heterocycles. The SMILES string of the molecule is CC(CCc1ccccc1)NC(=O)CCCCN. The summed E-state index contributed by atoms with van der Waals surface area (Å²) in [6.07, 6.45) is 4.38. The van der Waals surface area contributed by atoms with Gasteiger partial charge in [-0.2, -0.15) is 0 Å². The molecule has 18 heavy (non-hydrogen) atoms. The van der Waals surface area contributed by atoms with Crippen molar-refractivity contribution < 1.29 is 4.79 Å². The van der Waals surface area contributed by atoms with E-state index < -0.39 is 0 Å². The largest absolute Gasteiger partial charge is 0.354 e. The lowest BCUT2D eigenvalue weighted by molar-refractivity contribution is -0.121. The van der Waals surface area contributed by atoms with Gasteiger partial charge in [0.25, 0.3) is 0 Å². The van der Waals surface area contributed by atoms with Gasteiger partial charge in [-0.3, -0.25) is 4.79 Å². The van der Waals surface area contributed by atoms with Crippen LogP contribution in [0.3, 0.4) is 0 Å². The zero-order valence-electron chi connectivity index (χ0n) is 11.2. The van der Waals surface area contributed by atoms with Crippen LogP contribution in [0.4, 0.5) is 0 Å². The predicted molar refractivity (Wildman–Crippen MR) is 75.3 cm³/mol. The van der Waals surface area contributed by atoms with Crippen LogP contribution in [0.15, 0.2) is 30.3 Å². The number of unbranched alkanes of at least 4 members (excludes halogenated alkanes) is 1. The molecule has 0 radical (unpaired) electrons. The summed E-state index contributed by atoms with van der Waals surface area (Å²) in [5.74, 6) is 0.143. The Hall–Kier alpha value is -1.35. The van der Waals surface area contributed by atoms with Crippen LogP contribution in [-0.4, -0.2) is 18.5 Å². The number of rotatable bonds is 8. The van der Waals surface area contributed by atoms with Gasteiger partial charge in [-0.25, -0.2) is 0 Å². The Labute approximate surface area is 110 Å². The Morgan fingerprint density at radius 3 is 2.67 bits per heavy atom. The number of carbonyl (C=O) groups is 1. The number of carbonyl (C=O) groups excluding carboxylic acids is 1. The van der Waals surface area contributed by atoms with Crippen LogP contribution in [0.25, 0.3) is 0 Å². The third kappa shape index (κ3) is 6.40. The van der Waals surface area contributed by atoms with E-state index in [1.54, 1.807) is 0 Å². The van der Waals surface area contributed by atoms with Crippen molar-refractivity contribution in [1.82, 2.24) is 5.32 Å². The van der Waals surface area contributed by atoms with Gasteiger partial charge in [-0.05, 0) is 44.7 Å². The summed E-state index contributed by atoms with van der Waals surface area (Å²) in [7, 11) is 0. The Morgan fingerprint density at radius 2 is 2.00 bits per heavy atom. The van der Waals surface area contributed by atoms with Crippen molar-refractivity contribution in [1.29, 1.82) is 0 Å². The van der Waals surface area contributed by atoms with Crippen LogP contribution in [0, 0.1) is 0 Å². The van der Waals surface area contributed by atoms with Gasteiger partial charge >= 0.3 is 0 Å². The fourth-order valence-corrected chi connectivity index (χ4v) is 1.88. The number of benzene rings is 1. The molecule has 0 spiro atoms. The first-order valence-electron chi connectivity index (χ1n) is 6.75. The number of hydrogen-bond donors (Lipinski definition) is 2. The zero-order valence-corrected chi connectivity index (χ0v) is 11.2. The Bertz CT molecular complexity index is 338. The third-order valence-corrected chi connectivity index (χ3v) is 2.97. The molecule has 0 aromatic heterocycles. The molecule has 3 N–H and O–H groups in total. The van der Waals surface area contributed by atoms with Crippen molar-refractivity contribution in [3.05, 3.63) is 35.9 Å². The highest BCUT2D eigenvalue weighted by molar-refractivity contribution is 5.76. The minimum Gasteiger partial charge on any atom is -0.354 e. The van der Waals surface area contributed by atoms with Crippen LogP contribution in [0.1, 0.15) is 38.2 Å². The van der Waals surface area contributed by atoms with Crippen molar-refractivity contribution in [3.8, 4) is 0 Å². The molecule has 0 heterocycles. The van der Waals surface area contributed by atoms with Crippen LogP contribution in [0.5, 0.6) is 0 Å². The van der Waals surface area contributed by atoms with Gasteiger partial charge in [0.15, 0.2) is 0 Å². The second-order valence-electron chi connectivity index (χ2n) is 4.74. The van der Waals surface area contributed by atoms with Crippen LogP contribution in [-0.2, 0) is 11.2 Å². The molecule has 0 saturated heterocycles. The molecule has 100 valence electrons. The van der Waals surface area contributed by atoms with Gasteiger partial charge in [0.05, 0.1) is 0 Å². The van der Waals surface area contributed by atoms with Crippen molar-refractivity contribution in [3.63, 3.8) is 0 Å². The summed E-state index contributed by atoms with van der Waals surface area (Å²) < 4.78 is 0. The van der Waals surface area contributed by atoms with Gasteiger partial charge in [-0.1, -0.05) is 30.3 Å². The molecule has 0 fully saturated rings. The molecule has 0 bridgehead atoms. The minimum atomic E-state index is 0.143. The molecule has 0 aliphatic rings. The summed E-state index contributed by atoms with van der Waals surface area (Å²) in [5, 5.41) is 3.03. The Morgan fingerprint density at radius 1 is 1.28 bits per heavy atom. The molecule has 0 aliphatic carbocycles. The second kappa shape index (κ2) is 8.70. The summed E-state index contributed by atoms with van der Waals surface area (Å²) in [6, 6.07) is 10.6. The molecule has 1 aromatic carbocycles. The van der Waals surface area contributed by atoms with Crippen molar-refractivity contribution in [2.75, 3.05) is 6.54 Å². The number of aryl methyl sites for hydroxylation is 1. The van der Waals surface area contributed by atoms with Crippen molar-refractivity contribution in [2.45, 2.75) is 45.1 Å². The van der Waals surface area contributed by atoms with Crippen molar-refractivity contribution in [2.24, 2.45) is 5.73 Å². The molecule has 1 unspecified atom stereocenters. The summed E-state index contributed by atoms with van der Waals surface area (Å²) >= 11 is 0. The standard InChI is InChI=1S/C15H24N2O/c1-13(17-15(18)9-5-6-12-16)10-11-14-7-3-2-4-8-14/h2-4,7-8,13H,5-6,9-12,16H2,1H3,(H,17,18). The molecule has 1 aromatic rings. The predicted octanol–water partition coefficient (Wildman–Crippen LogP) is 2.25. The van der Waals surface area contributed by atoms with E-state index in [-0.39, 0.29) is 11.9 Å². The second-order valence-corrected chi connectivity index (χ2v) is 4.74. The molecule has 1 rings (SSSR count). The molecular weight excluding hydrogens is 224 g/mol. The summed E-state index contributed by atoms with van der Waals surface area (Å²) in [6.45, 7) is 2.72. The number of amides is 1. The van der Waals surface area contributed by atoms with Gasteiger partial charge in [0, 0.05) is 12.5 Å². The molecule has 3 heteroatoms. The highest BCUT2D eigenvalue weighted by Gasteiger charge is 2.06. The molecule has 0 saturated carbocycles. The highest BCUT2D eigenvalue weighted by atomic mass is 16.1. The molecule has 1 atom stereocenters. The highest BCUT2D eigenvalue weighted by Crippen LogP contribution is 2.05. The number of hydrogen-bond acceptors (Lipinski definition) is 2. The van der Waals surface area contributed by atoms with Gasteiger partial charge in [0.2, 0.25) is 5.91 Å². The Balaban J connectivity index is 2.17. The zero-order chi connectivity index (χ0) is 13.2. The summed E-state index contributed by atoms with van der Waals surface area (Å²) in [4.78, 5) is 11.6. The molecule has 1 amide bonds. The lowest BCUT2D eigenvalue weighted by Gasteiger charge is -2.13. The fraction of sp³-hybridized carbons (Fsp3) is 0.533. The van der Waals surface area contributed by atoms with Gasteiger partial charge in [0.1, 0.15) is 0 Å². The Kier molecular flexibility index (Phi) is 7.11. The monoisotopic (exact) mass is 248 g/mol. The topological polar surface area (TPSA) is 55.1 Å². The van der Waals surface area contributed by atoms with Gasteiger partial charge < -0.3 is 11.1 Å². The number of nitrogens with two attached hydrogens (primary N) is 1. The van der Waals surface area contributed by atoms with E-state index in [9.17, 15) is 4.79 Å². The maximum atomic E-state index is 11.6.